The van der Waals surface area contributed by atoms with Crippen LogP contribution < -0.4 is 11.1 Å². The number of nitrogen functional groups attached to an aromatic ring is 1. The molecule has 18 heavy (non-hydrogen) atoms. The molecule has 0 aliphatic heterocycles. The standard InChI is InChI=1S/C9H6BrF5N2O/c10-5-2-1-4(16)3-6(5)17-7(18)8(11,12)9(13,14)15/h1-3H,16H2,(H,17,18). The Labute approximate surface area is 106 Å². The molecule has 0 unspecified atom stereocenters. The molecular weight excluding hydrogens is 327 g/mol. The van der Waals surface area contributed by atoms with Crippen molar-refractivity contribution in [3.05, 3.63) is 22.7 Å². The lowest BCUT2D eigenvalue weighted by Gasteiger charge is -2.19. The highest BCUT2D eigenvalue weighted by atomic mass is 79.9. The fourth-order valence-corrected chi connectivity index (χ4v) is 1.31. The highest BCUT2D eigenvalue weighted by Gasteiger charge is 2.63. The first-order valence-corrected chi connectivity index (χ1v) is 5.16. The number of carbonyl (C=O) groups excluding carboxylic acids is 1. The van der Waals surface area contributed by atoms with Crippen LogP contribution in [0.2, 0.25) is 0 Å². The van der Waals surface area contributed by atoms with Crippen LogP contribution in [-0.4, -0.2) is 18.0 Å². The molecular formula is C9H6BrF5N2O. The Balaban J connectivity index is 2.98. The number of nitrogens with one attached hydrogen (secondary N) is 1. The Kier molecular flexibility index (Phi) is 3.84. The van der Waals surface area contributed by atoms with Gasteiger partial charge >= 0.3 is 18.0 Å². The monoisotopic (exact) mass is 332 g/mol. The number of rotatable bonds is 2. The van der Waals surface area contributed by atoms with Crippen molar-refractivity contribution < 1.29 is 26.7 Å². The zero-order valence-electron chi connectivity index (χ0n) is 8.49. The molecule has 0 aliphatic rings. The van der Waals surface area contributed by atoms with Crippen LogP contribution in [0, 0.1) is 0 Å². The van der Waals surface area contributed by atoms with E-state index < -0.39 is 18.0 Å². The van der Waals surface area contributed by atoms with Crippen molar-refractivity contribution >= 4 is 33.2 Å². The van der Waals surface area contributed by atoms with Gasteiger partial charge < -0.3 is 11.1 Å². The molecule has 3 nitrogen and oxygen atoms in total. The van der Waals surface area contributed by atoms with Crippen LogP contribution in [0.3, 0.4) is 0 Å². The molecule has 0 atom stereocenters. The van der Waals surface area contributed by atoms with Gasteiger partial charge in [-0.2, -0.15) is 22.0 Å². The molecule has 0 spiro atoms. The van der Waals surface area contributed by atoms with Crippen molar-refractivity contribution in [2.75, 3.05) is 11.1 Å². The average Bonchev–Trinajstić information content (AvgIpc) is 2.21. The smallest absolute Gasteiger partial charge is 0.399 e. The molecule has 0 saturated carbocycles. The van der Waals surface area contributed by atoms with E-state index in [4.69, 9.17) is 5.73 Å². The zero-order valence-corrected chi connectivity index (χ0v) is 10.1. The van der Waals surface area contributed by atoms with Gasteiger partial charge in [-0.15, -0.1) is 0 Å². The second kappa shape index (κ2) is 4.71. The minimum absolute atomic E-state index is 0.101. The summed E-state index contributed by atoms with van der Waals surface area (Å²) < 4.78 is 61.2. The number of hydrogen-bond donors (Lipinski definition) is 2. The SMILES string of the molecule is Nc1ccc(Br)c(NC(=O)C(F)(F)C(F)(F)F)c1. The van der Waals surface area contributed by atoms with E-state index in [0.29, 0.717) is 0 Å². The number of anilines is 2. The van der Waals surface area contributed by atoms with E-state index in [9.17, 15) is 26.7 Å². The Morgan fingerprint density at radius 2 is 1.78 bits per heavy atom. The van der Waals surface area contributed by atoms with Crippen LogP contribution in [0.15, 0.2) is 22.7 Å². The fourth-order valence-electron chi connectivity index (χ4n) is 0.968. The predicted octanol–water partition coefficient (Wildman–Crippen LogP) is 3.17. The number of carbonyl (C=O) groups is 1. The van der Waals surface area contributed by atoms with E-state index in [2.05, 4.69) is 15.9 Å². The lowest BCUT2D eigenvalue weighted by Crippen LogP contribution is -2.47. The van der Waals surface area contributed by atoms with Crippen LogP contribution in [0.1, 0.15) is 0 Å². The molecule has 0 aliphatic carbocycles. The number of benzene rings is 1. The van der Waals surface area contributed by atoms with Crippen LogP contribution in [-0.2, 0) is 4.79 Å². The minimum atomic E-state index is -5.95. The molecule has 9 heteroatoms. The number of nitrogens with two attached hydrogens (primary N) is 1. The molecule has 0 heterocycles. The summed E-state index contributed by atoms with van der Waals surface area (Å²) in [6, 6.07) is 3.73. The molecule has 100 valence electrons. The van der Waals surface area contributed by atoms with Gasteiger partial charge in [0.25, 0.3) is 0 Å². The summed E-state index contributed by atoms with van der Waals surface area (Å²) in [4.78, 5) is 10.9. The maximum absolute atomic E-state index is 12.7. The third-order valence-corrected chi connectivity index (χ3v) is 2.57. The molecule has 1 aromatic rings. The van der Waals surface area contributed by atoms with E-state index in [1.165, 1.54) is 17.4 Å². The summed E-state index contributed by atoms with van der Waals surface area (Å²) >= 11 is 2.88. The highest BCUT2D eigenvalue weighted by Crippen LogP contribution is 2.37. The van der Waals surface area contributed by atoms with Gasteiger partial charge in [0.15, 0.2) is 0 Å². The maximum atomic E-state index is 12.7. The summed E-state index contributed by atoms with van der Waals surface area (Å²) in [5, 5.41) is 1.46. The van der Waals surface area contributed by atoms with Crippen molar-refractivity contribution in [2.45, 2.75) is 12.1 Å². The van der Waals surface area contributed by atoms with Gasteiger partial charge in [0.2, 0.25) is 0 Å². The Hall–Kier alpha value is -1.38. The molecule has 0 fully saturated rings. The second-order valence-electron chi connectivity index (χ2n) is 3.27. The van der Waals surface area contributed by atoms with Gasteiger partial charge in [0.05, 0.1) is 5.69 Å². The third-order valence-electron chi connectivity index (χ3n) is 1.88. The third kappa shape index (κ3) is 2.89. The van der Waals surface area contributed by atoms with E-state index in [-0.39, 0.29) is 15.8 Å². The van der Waals surface area contributed by atoms with E-state index in [0.717, 1.165) is 6.07 Å². The minimum Gasteiger partial charge on any atom is -0.399 e. The van der Waals surface area contributed by atoms with E-state index in [1.807, 2.05) is 0 Å². The Bertz CT molecular complexity index is 475. The summed E-state index contributed by atoms with van der Waals surface area (Å²) in [6.45, 7) is 0. The van der Waals surface area contributed by atoms with Crippen molar-refractivity contribution in [2.24, 2.45) is 0 Å². The van der Waals surface area contributed by atoms with Crippen LogP contribution in [0.25, 0.3) is 0 Å². The molecule has 1 amide bonds. The van der Waals surface area contributed by atoms with Gasteiger partial charge in [-0.1, -0.05) is 0 Å². The van der Waals surface area contributed by atoms with Gasteiger partial charge in [-0.3, -0.25) is 4.79 Å². The lowest BCUT2D eigenvalue weighted by molar-refractivity contribution is -0.267. The maximum Gasteiger partial charge on any atom is 0.463 e. The molecule has 1 rings (SSSR count). The van der Waals surface area contributed by atoms with Crippen LogP contribution in [0.5, 0.6) is 0 Å². The van der Waals surface area contributed by atoms with E-state index >= 15 is 0 Å². The molecule has 0 aromatic heterocycles. The summed E-state index contributed by atoms with van der Waals surface area (Å²) in [5.74, 6) is -7.95. The average molecular weight is 333 g/mol. The van der Waals surface area contributed by atoms with E-state index in [1.54, 1.807) is 0 Å². The topological polar surface area (TPSA) is 55.1 Å². The first-order chi connectivity index (χ1) is 8.05. The quantitative estimate of drug-likeness (QED) is 0.645. The first-order valence-electron chi connectivity index (χ1n) is 4.36. The van der Waals surface area contributed by atoms with Gasteiger partial charge in [0, 0.05) is 10.2 Å². The van der Waals surface area contributed by atoms with Crippen molar-refractivity contribution in [1.29, 1.82) is 0 Å². The molecule has 1 aromatic carbocycles. The molecule has 0 bridgehead atoms. The Morgan fingerprint density at radius 3 is 2.28 bits per heavy atom. The number of alkyl halides is 5. The Morgan fingerprint density at radius 1 is 1.22 bits per heavy atom. The largest absolute Gasteiger partial charge is 0.463 e. The first kappa shape index (κ1) is 14.7. The predicted molar refractivity (Wildman–Crippen MR) is 58.2 cm³/mol. The van der Waals surface area contributed by atoms with Crippen LogP contribution >= 0.6 is 15.9 Å². The summed E-state index contributed by atoms with van der Waals surface area (Å²) in [7, 11) is 0. The highest BCUT2D eigenvalue weighted by molar-refractivity contribution is 9.10. The van der Waals surface area contributed by atoms with Gasteiger partial charge in [-0.25, -0.2) is 0 Å². The summed E-state index contributed by atoms with van der Waals surface area (Å²) in [6.07, 6.45) is -5.95. The zero-order chi connectivity index (χ0) is 14.1. The lowest BCUT2D eigenvalue weighted by atomic mass is 10.2. The normalized spacial score (nSPS) is 12.3. The van der Waals surface area contributed by atoms with Gasteiger partial charge in [-0.05, 0) is 34.1 Å². The summed E-state index contributed by atoms with van der Waals surface area (Å²) in [5.41, 5.74) is 5.14. The number of halogens is 6. The molecule has 3 N–H and O–H groups in total. The fraction of sp³-hybridized carbons (Fsp3) is 0.222. The number of hydrogen-bond acceptors (Lipinski definition) is 2. The second-order valence-corrected chi connectivity index (χ2v) is 4.12. The van der Waals surface area contributed by atoms with Crippen molar-refractivity contribution in [3.63, 3.8) is 0 Å². The molecule has 0 radical (unpaired) electrons. The van der Waals surface area contributed by atoms with Crippen molar-refractivity contribution in [1.82, 2.24) is 0 Å². The van der Waals surface area contributed by atoms with Crippen molar-refractivity contribution in [3.8, 4) is 0 Å². The number of amides is 1. The van der Waals surface area contributed by atoms with Gasteiger partial charge in [0.1, 0.15) is 0 Å². The molecule has 0 saturated heterocycles. The van der Waals surface area contributed by atoms with Crippen LogP contribution in [0.4, 0.5) is 33.3 Å².